The van der Waals surface area contributed by atoms with E-state index in [9.17, 15) is 0 Å². The molecule has 96 valence electrons. The summed E-state index contributed by atoms with van der Waals surface area (Å²) in [5.41, 5.74) is 3.64. The molecule has 1 N–H and O–H groups in total. The summed E-state index contributed by atoms with van der Waals surface area (Å²) >= 11 is 1.80. The first-order valence-corrected chi connectivity index (χ1v) is 7.21. The summed E-state index contributed by atoms with van der Waals surface area (Å²) in [6.45, 7) is 9.53. The number of rotatable bonds is 4. The predicted octanol–water partition coefficient (Wildman–Crippen LogP) is 4.10. The number of nitrogens with one attached hydrogen (secondary N) is 1. The van der Waals surface area contributed by atoms with Gasteiger partial charge in [0.1, 0.15) is 5.01 Å². The quantitative estimate of drug-likeness (QED) is 0.895. The molecule has 0 amide bonds. The fraction of sp³-hybridized carbons (Fsp3) is 0.400. The SMILES string of the molecule is CCNC(C)c1sc(-c2cccc(C)c2)nc1C. The molecule has 3 heteroatoms. The maximum Gasteiger partial charge on any atom is 0.123 e. The fourth-order valence-electron chi connectivity index (χ4n) is 2.11. The second-order valence-corrected chi connectivity index (χ2v) is 5.65. The first kappa shape index (κ1) is 13.2. The van der Waals surface area contributed by atoms with Gasteiger partial charge in [-0.15, -0.1) is 11.3 Å². The fourth-order valence-corrected chi connectivity index (χ4v) is 3.20. The van der Waals surface area contributed by atoms with Crippen LogP contribution in [-0.2, 0) is 0 Å². The summed E-state index contributed by atoms with van der Waals surface area (Å²) in [6.07, 6.45) is 0. The topological polar surface area (TPSA) is 24.9 Å². The number of aryl methyl sites for hydroxylation is 2. The summed E-state index contributed by atoms with van der Waals surface area (Å²) in [7, 11) is 0. The van der Waals surface area contributed by atoms with Gasteiger partial charge in [-0.2, -0.15) is 0 Å². The molecular formula is C15H20N2S. The van der Waals surface area contributed by atoms with E-state index in [-0.39, 0.29) is 0 Å². The number of hydrogen-bond acceptors (Lipinski definition) is 3. The molecular weight excluding hydrogens is 240 g/mol. The van der Waals surface area contributed by atoms with Crippen molar-refractivity contribution in [2.75, 3.05) is 6.54 Å². The number of nitrogens with zero attached hydrogens (tertiary/aromatic N) is 1. The van der Waals surface area contributed by atoms with Gasteiger partial charge >= 0.3 is 0 Å². The van der Waals surface area contributed by atoms with Crippen LogP contribution in [0.1, 0.15) is 36.0 Å². The molecule has 0 aliphatic rings. The molecule has 1 atom stereocenters. The van der Waals surface area contributed by atoms with Crippen molar-refractivity contribution >= 4 is 11.3 Å². The molecule has 0 radical (unpaired) electrons. The smallest absolute Gasteiger partial charge is 0.123 e. The third-order valence-electron chi connectivity index (χ3n) is 3.00. The second-order valence-electron chi connectivity index (χ2n) is 4.62. The number of thiazole rings is 1. The minimum absolute atomic E-state index is 0.381. The average Bonchev–Trinajstić information content (AvgIpc) is 2.72. The zero-order chi connectivity index (χ0) is 13.1. The van der Waals surface area contributed by atoms with Gasteiger partial charge in [-0.25, -0.2) is 4.98 Å². The Morgan fingerprint density at radius 2 is 2.11 bits per heavy atom. The Labute approximate surface area is 113 Å². The molecule has 0 aliphatic carbocycles. The molecule has 0 saturated heterocycles. The molecule has 1 unspecified atom stereocenters. The van der Waals surface area contributed by atoms with E-state index < -0.39 is 0 Å². The normalized spacial score (nSPS) is 12.7. The van der Waals surface area contributed by atoms with Gasteiger partial charge in [0.15, 0.2) is 0 Å². The summed E-state index contributed by atoms with van der Waals surface area (Å²) in [5, 5.41) is 4.57. The van der Waals surface area contributed by atoms with Crippen molar-refractivity contribution in [2.24, 2.45) is 0 Å². The van der Waals surface area contributed by atoms with E-state index in [0.29, 0.717) is 6.04 Å². The molecule has 0 fully saturated rings. The number of benzene rings is 1. The molecule has 1 heterocycles. The third-order valence-corrected chi connectivity index (χ3v) is 4.39. The Morgan fingerprint density at radius 1 is 1.33 bits per heavy atom. The van der Waals surface area contributed by atoms with Crippen LogP contribution in [0, 0.1) is 13.8 Å². The van der Waals surface area contributed by atoms with Gasteiger partial charge in [0.25, 0.3) is 0 Å². The number of hydrogen-bond donors (Lipinski definition) is 1. The highest BCUT2D eigenvalue weighted by molar-refractivity contribution is 7.15. The Hall–Kier alpha value is -1.19. The van der Waals surface area contributed by atoms with Crippen LogP contribution in [0.3, 0.4) is 0 Å². The van der Waals surface area contributed by atoms with Crippen molar-refractivity contribution in [3.8, 4) is 10.6 Å². The highest BCUT2D eigenvalue weighted by Crippen LogP contribution is 2.31. The van der Waals surface area contributed by atoms with Crippen LogP contribution in [0.4, 0.5) is 0 Å². The molecule has 0 saturated carbocycles. The molecule has 18 heavy (non-hydrogen) atoms. The van der Waals surface area contributed by atoms with Crippen molar-refractivity contribution in [3.05, 3.63) is 40.4 Å². The van der Waals surface area contributed by atoms with E-state index in [1.54, 1.807) is 11.3 Å². The summed E-state index contributed by atoms with van der Waals surface area (Å²) in [5.74, 6) is 0. The monoisotopic (exact) mass is 260 g/mol. The van der Waals surface area contributed by atoms with Crippen molar-refractivity contribution in [2.45, 2.75) is 33.7 Å². The van der Waals surface area contributed by atoms with Gasteiger partial charge in [0, 0.05) is 16.5 Å². The van der Waals surface area contributed by atoms with E-state index in [2.05, 4.69) is 57.3 Å². The van der Waals surface area contributed by atoms with E-state index in [1.807, 2.05) is 0 Å². The highest BCUT2D eigenvalue weighted by atomic mass is 32.1. The minimum Gasteiger partial charge on any atom is -0.310 e. The molecule has 2 rings (SSSR count). The van der Waals surface area contributed by atoms with Crippen LogP contribution in [0.2, 0.25) is 0 Å². The standard InChI is InChI=1S/C15H20N2S/c1-5-16-11(3)14-12(4)17-15(18-14)13-8-6-7-10(2)9-13/h6-9,11,16H,5H2,1-4H3. The van der Waals surface area contributed by atoms with Gasteiger partial charge in [0.2, 0.25) is 0 Å². The Kier molecular flexibility index (Phi) is 4.15. The molecule has 1 aromatic heterocycles. The van der Waals surface area contributed by atoms with Crippen LogP contribution in [0.15, 0.2) is 24.3 Å². The maximum atomic E-state index is 4.70. The van der Waals surface area contributed by atoms with Crippen molar-refractivity contribution in [3.63, 3.8) is 0 Å². The predicted molar refractivity (Wildman–Crippen MR) is 79.1 cm³/mol. The highest BCUT2D eigenvalue weighted by Gasteiger charge is 2.14. The lowest BCUT2D eigenvalue weighted by molar-refractivity contribution is 0.603. The van der Waals surface area contributed by atoms with Gasteiger partial charge in [-0.05, 0) is 33.4 Å². The molecule has 0 aliphatic heterocycles. The molecule has 0 bridgehead atoms. The van der Waals surface area contributed by atoms with Gasteiger partial charge in [-0.3, -0.25) is 0 Å². The number of aromatic nitrogens is 1. The minimum atomic E-state index is 0.381. The van der Waals surface area contributed by atoms with Crippen LogP contribution in [0.5, 0.6) is 0 Å². The lowest BCUT2D eigenvalue weighted by atomic mass is 10.1. The van der Waals surface area contributed by atoms with Crippen molar-refractivity contribution < 1.29 is 0 Å². The van der Waals surface area contributed by atoms with E-state index in [4.69, 9.17) is 4.98 Å². The first-order chi connectivity index (χ1) is 8.61. The molecule has 2 nitrogen and oxygen atoms in total. The summed E-state index contributed by atoms with van der Waals surface area (Å²) in [4.78, 5) is 6.04. The lowest BCUT2D eigenvalue weighted by Crippen LogP contribution is -2.17. The third kappa shape index (κ3) is 2.79. The zero-order valence-electron chi connectivity index (χ0n) is 11.4. The summed E-state index contributed by atoms with van der Waals surface area (Å²) in [6, 6.07) is 8.92. The Bertz CT molecular complexity index is 531. The molecule has 2 aromatic rings. The van der Waals surface area contributed by atoms with Gasteiger partial charge in [-0.1, -0.05) is 30.7 Å². The average molecular weight is 260 g/mol. The van der Waals surface area contributed by atoms with Gasteiger partial charge in [0.05, 0.1) is 5.69 Å². The molecule has 0 spiro atoms. The van der Waals surface area contributed by atoms with Crippen molar-refractivity contribution in [1.29, 1.82) is 0 Å². The summed E-state index contributed by atoms with van der Waals surface area (Å²) < 4.78 is 0. The van der Waals surface area contributed by atoms with E-state index >= 15 is 0 Å². The molecule has 1 aromatic carbocycles. The van der Waals surface area contributed by atoms with Gasteiger partial charge < -0.3 is 5.32 Å². The maximum absolute atomic E-state index is 4.70. The van der Waals surface area contributed by atoms with Crippen LogP contribution in [0.25, 0.3) is 10.6 Å². The first-order valence-electron chi connectivity index (χ1n) is 6.39. The van der Waals surface area contributed by atoms with Crippen LogP contribution < -0.4 is 5.32 Å². The van der Waals surface area contributed by atoms with Crippen LogP contribution >= 0.6 is 11.3 Å². The zero-order valence-corrected chi connectivity index (χ0v) is 12.3. The lowest BCUT2D eigenvalue weighted by Gasteiger charge is -2.09. The van der Waals surface area contributed by atoms with Crippen LogP contribution in [-0.4, -0.2) is 11.5 Å². The van der Waals surface area contributed by atoms with E-state index in [0.717, 1.165) is 17.2 Å². The largest absolute Gasteiger partial charge is 0.310 e. The second kappa shape index (κ2) is 5.63. The van der Waals surface area contributed by atoms with E-state index in [1.165, 1.54) is 16.0 Å². The Balaban J connectivity index is 2.34. The van der Waals surface area contributed by atoms with Crippen molar-refractivity contribution in [1.82, 2.24) is 10.3 Å². The Morgan fingerprint density at radius 3 is 2.78 bits per heavy atom.